The Morgan fingerprint density at radius 3 is 3.00 bits per heavy atom. The summed E-state index contributed by atoms with van der Waals surface area (Å²) in [5.74, 6) is -0.0977. The lowest BCUT2D eigenvalue weighted by Crippen LogP contribution is -2.41. The number of rotatable bonds is 4. The maximum absolute atomic E-state index is 13.2. The summed E-state index contributed by atoms with van der Waals surface area (Å²) < 4.78 is 13.2. The second kappa shape index (κ2) is 6.81. The van der Waals surface area contributed by atoms with Gasteiger partial charge >= 0.3 is 0 Å². The first-order valence-electron chi connectivity index (χ1n) is 7.05. The first-order valence-corrected chi connectivity index (χ1v) is 7.05. The molecule has 1 amide bonds. The first-order chi connectivity index (χ1) is 9.63. The van der Waals surface area contributed by atoms with Crippen LogP contribution in [0.2, 0.25) is 0 Å². The van der Waals surface area contributed by atoms with E-state index in [4.69, 9.17) is 5.73 Å². The molecule has 0 spiro atoms. The van der Waals surface area contributed by atoms with E-state index in [0.717, 1.165) is 43.6 Å². The average Bonchev–Trinajstić information content (AvgIpc) is 2.48. The highest BCUT2D eigenvalue weighted by atomic mass is 19.1. The zero-order chi connectivity index (χ0) is 14.5. The fraction of sp³-hybridized carbons (Fsp3) is 0.533. The molecule has 20 heavy (non-hydrogen) atoms. The van der Waals surface area contributed by atoms with Gasteiger partial charge in [-0.1, -0.05) is 6.07 Å². The molecule has 1 saturated heterocycles. The van der Waals surface area contributed by atoms with E-state index in [0.29, 0.717) is 6.54 Å². The molecule has 0 aliphatic carbocycles. The van der Waals surface area contributed by atoms with E-state index in [1.807, 2.05) is 0 Å². The molecule has 1 fully saturated rings. The molecule has 0 aromatic heterocycles. The minimum atomic E-state index is -0.254. The van der Waals surface area contributed by atoms with Crippen LogP contribution < -0.4 is 11.1 Å². The highest BCUT2D eigenvalue weighted by Gasteiger charge is 2.25. The molecule has 5 heteroatoms. The third kappa shape index (κ3) is 3.55. The smallest absolute Gasteiger partial charge is 0.224 e. The Morgan fingerprint density at radius 2 is 2.30 bits per heavy atom. The Morgan fingerprint density at radius 1 is 1.50 bits per heavy atom. The Kier molecular flexibility index (Phi) is 5.09. The van der Waals surface area contributed by atoms with E-state index in [9.17, 15) is 9.18 Å². The molecule has 110 valence electrons. The Bertz CT molecular complexity index is 478. The van der Waals surface area contributed by atoms with Crippen LogP contribution in [0.4, 0.5) is 4.39 Å². The van der Waals surface area contributed by atoms with Crippen molar-refractivity contribution in [3.8, 4) is 0 Å². The summed E-state index contributed by atoms with van der Waals surface area (Å²) >= 11 is 0. The Labute approximate surface area is 119 Å². The van der Waals surface area contributed by atoms with Gasteiger partial charge in [0.05, 0.1) is 5.92 Å². The molecule has 0 radical (unpaired) electrons. The van der Waals surface area contributed by atoms with Gasteiger partial charge in [0.25, 0.3) is 0 Å². The zero-order valence-corrected chi connectivity index (χ0v) is 11.9. The molecule has 3 N–H and O–H groups in total. The van der Waals surface area contributed by atoms with Crippen molar-refractivity contribution in [3.63, 3.8) is 0 Å². The molecule has 0 saturated carbocycles. The minimum Gasteiger partial charge on any atom is -0.359 e. The van der Waals surface area contributed by atoms with E-state index in [1.165, 1.54) is 12.1 Å². The van der Waals surface area contributed by atoms with Crippen molar-refractivity contribution < 1.29 is 9.18 Å². The van der Waals surface area contributed by atoms with E-state index in [-0.39, 0.29) is 17.6 Å². The monoisotopic (exact) mass is 279 g/mol. The maximum Gasteiger partial charge on any atom is 0.224 e. The van der Waals surface area contributed by atoms with E-state index in [2.05, 4.69) is 10.2 Å². The van der Waals surface area contributed by atoms with Gasteiger partial charge < -0.3 is 11.1 Å². The molecule has 1 aliphatic rings. The van der Waals surface area contributed by atoms with E-state index < -0.39 is 0 Å². The molecule has 1 atom stereocenters. The standard InChI is InChI=1S/C15H22FN3O/c1-18-15(20)12-3-2-6-19(10-12)9-11-4-5-14(16)7-13(11)8-17/h4-5,7,12H,2-3,6,8-10,17H2,1H3,(H,18,20). The number of nitrogens with two attached hydrogens (primary N) is 1. The van der Waals surface area contributed by atoms with Crippen molar-refractivity contribution in [2.24, 2.45) is 11.7 Å². The van der Waals surface area contributed by atoms with Gasteiger partial charge in [0.1, 0.15) is 5.82 Å². The van der Waals surface area contributed by atoms with Crippen LogP contribution >= 0.6 is 0 Å². The number of hydrogen-bond acceptors (Lipinski definition) is 3. The number of hydrogen-bond donors (Lipinski definition) is 2. The first kappa shape index (κ1) is 14.9. The largest absolute Gasteiger partial charge is 0.359 e. The van der Waals surface area contributed by atoms with Crippen LogP contribution in [-0.2, 0) is 17.9 Å². The highest BCUT2D eigenvalue weighted by molar-refractivity contribution is 5.78. The number of likely N-dealkylation sites (tertiary alicyclic amines) is 1. The molecule has 1 aliphatic heterocycles. The van der Waals surface area contributed by atoms with Crippen molar-refractivity contribution in [3.05, 3.63) is 35.1 Å². The van der Waals surface area contributed by atoms with Crippen LogP contribution in [0, 0.1) is 11.7 Å². The normalized spacial score (nSPS) is 19.9. The summed E-state index contributed by atoms with van der Waals surface area (Å²) in [7, 11) is 1.67. The van der Waals surface area contributed by atoms with Gasteiger partial charge in [0.2, 0.25) is 5.91 Å². The molecule has 1 unspecified atom stereocenters. The summed E-state index contributed by atoms with van der Waals surface area (Å²) in [4.78, 5) is 14.0. The van der Waals surface area contributed by atoms with Crippen LogP contribution in [0.3, 0.4) is 0 Å². The number of nitrogens with zero attached hydrogens (tertiary/aromatic N) is 1. The number of piperidine rings is 1. The maximum atomic E-state index is 13.2. The zero-order valence-electron chi connectivity index (χ0n) is 11.9. The third-order valence-electron chi connectivity index (χ3n) is 3.90. The molecule has 1 aromatic carbocycles. The van der Waals surface area contributed by atoms with Crippen LogP contribution in [-0.4, -0.2) is 30.9 Å². The number of halogens is 1. The second-order valence-electron chi connectivity index (χ2n) is 5.31. The van der Waals surface area contributed by atoms with Gasteiger partial charge in [0, 0.05) is 26.7 Å². The highest BCUT2D eigenvalue weighted by Crippen LogP contribution is 2.20. The van der Waals surface area contributed by atoms with Gasteiger partial charge in [-0.05, 0) is 42.6 Å². The SMILES string of the molecule is CNC(=O)C1CCCN(Cc2ccc(F)cc2CN)C1. The summed E-state index contributed by atoms with van der Waals surface area (Å²) in [5.41, 5.74) is 7.56. The summed E-state index contributed by atoms with van der Waals surface area (Å²) in [6, 6.07) is 4.76. The van der Waals surface area contributed by atoms with Crippen molar-refractivity contribution >= 4 is 5.91 Å². The fourth-order valence-electron chi connectivity index (χ4n) is 2.80. The van der Waals surface area contributed by atoms with E-state index in [1.54, 1.807) is 13.1 Å². The lowest BCUT2D eigenvalue weighted by atomic mass is 9.96. The average molecular weight is 279 g/mol. The van der Waals surface area contributed by atoms with Gasteiger partial charge in [-0.3, -0.25) is 9.69 Å². The molecule has 1 aromatic rings. The topological polar surface area (TPSA) is 58.4 Å². The molecule has 1 heterocycles. The van der Waals surface area contributed by atoms with Crippen LogP contribution in [0.5, 0.6) is 0 Å². The van der Waals surface area contributed by atoms with Gasteiger partial charge in [0.15, 0.2) is 0 Å². The van der Waals surface area contributed by atoms with Gasteiger partial charge in [-0.2, -0.15) is 0 Å². The molecule has 0 bridgehead atoms. The summed E-state index contributed by atoms with van der Waals surface area (Å²) in [6.07, 6.45) is 1.95. The van der Waals surface area contributed by atoms with E-state index >= 15 is 0 Å². The van der Waals surface area contributed by atoms with Crippen LogP contribution in [0.15, 0.2) is 18.2 Å². The lowest BCUT2D eigenvalue weighted by Gasteiger charge is -2.32. The molecular weight excluding hydrogens is 257 g/mol. The van der Waals surface area contributed by atoms with Crippen molar-refractivity contribution in [1.82, 2.24) is 10.2 Å². The predicted octanol–water partition coefficient (Wildman–Crippen LogP) is 1.24. The number of carbonyl (C=O) groups is 1. The Hall–Kier alpha value is -1.46. The number of benzene rings is 1. The Balaban J connectivity index is 2.04. The summed E-state index contributed by atoms with van der Waals surface area (Å²) in [6.45, 7) is 2.77. The number of nitrogens with one attached hydrogen (secondary N) is 1. The second-order valence-corrected chi connectivity index (χ2v) is 5.31. The van der Waals surface area contributed by atoms with Gasteiger partial charge in [-0.15, -0.1) is 0 Å². The van der Waals surface area contributed by atoms with Crippen molar-refractivity contribution in [2.75, 3.05) is 20.1 Å². The van der Waals surface area contributed by atoms with Gasteiger partial charge in [-0.25, -0.2) is 4.39 Å². The third-order valence-corrected chi connectivity index (χ3v) is 3.90. The lowest BCUT2D eigenvalue weighted by molar-refractivity contribution is -0.126. The minimum absolute atomic E-state index is 0.0514. The quantitative estimate of drug-likeness (QED) is 0.872. The number of carbonyl (C=O) groups excluding carboxylic acids is 1. The molecule has 4 nitrogen and oxygen atoms in total. The fourth-order valence-corrected chi connectivity index (χ4v) is 2.80. The van der Waals surface area contributed by atoms with Crippen LogP contribution in [0.1, 0.15) is 24.0 Å². The summed E-state index contributed by atoms with van der Waals surface area (Å²) in [5, 5.41) is 2.71. The van der Waals surface area contributed by atoms with Crippen molar-refractivity contribution in [2.45, 2.75) is 25.9 Å². The number of amides is 1. The van der Waals surface area contributed by atoms with Crippen molar-refractivity contribution in [1.29, 1.82) is 0 Å². The molecular formula is C15H22FN3O. The van der Waals surface area contributed by atoms with Crippen LogP contribution in [0.25, 0.3) is 0 Å². The predicted molar refractivity (Wildman–Crippen MR) is 76.4 cm³/mol. The molecule has 2 rings (SSSR count).